The van der Waals surface area contributed by atoms with Crippen molar-refractivity contribution in [1.29, 1.82) is 0 Å². The highest BCUT2D eigenvalue weighted by Crippen LogP contribution is 2.24. The second-order valence-corrected chi connectivity index (χ2v) is 7.32. The van der Waals surface area contributed by atoms with Crippen molar-refractivity contribution in [3.8, 4) is 0 Å². The van der Waals surface area contributed by atoms with Gasteiger partial charge in [-0.25, -0.2) is 4.79 Å². The molecular formula is C18H32N4O2. The van der Waals surface area contributed by atoms with Gasteiger partial charge in [0.2, 0.25) is 0 Å². The van der Waals surface area contributed by atoms with E-state index in [1.54, 1.807) is 4.90 Å². The van der Waals surface area contributed by atoms with E-state index in [0.717, 1.165) is 43.5 Å². The van der Waals surface area contributed by atoms with Gasteiger partial charge in [-0.15, -0.1) is 0 Å². The van der Waals surface area contributed by atoms with Crippen molar-refractivity contribution in [1.82, 2.24) is 20.0 Å². The van der Waals surface area contributed by atoms with Crippen molar-refractivity contribution in [3.63, 3.8) is 0 Å². The second kappa shape index (κ2) is 8.01. The zero-order valence-electron chi connectivity index (χ0n) is 15.7. The second-order valence-electron chi connectivity index (χ2n) is 7.32. The summed E-state index contributed by atoms with van der Waals surface area (Å²) in [6.45, 7) is 6.70. The molecule has 2 amide bonds. The minimum absolute atomic E-state index is 0.0397. The fourth-order valence-electron chi connectivity index (χ4n) is 3.63. The van der Waals surface area contributed by atoms with Crippen LogP contribution in [0.3, 0.4) is 0 Å². The van der Waals surface area contributed by atoms with E-state index in [4.69, 9.17) is 0 Å². The molecule has 0 spiro atoms. The Bertz CT molecular complexity index is 570. The van der Waals surface area contributed by atoms with Crippen LogP contribution in [-0.2, 0) is 13.5 Å². The molecule has 2 rings (SSSR count). The third-order valence-electron chi connectivity index (χ3n) is 5.26. The highest BCUT2D eigenvalue weighted by molar-refractivity contribution is 5.74. The van der Waals surface area contributed by atoms with E-state index >= 15 is 0 Å². The Morgan fingerprint density at radius 3 is 2.67 bits per heavy atom. The number of amides is 2. The number of aliphatic hydroxyl groups is 1. The number of aryl methyl sites for hydroxylation is 2. The predicted octanol–water partition coefficient (Wildman–Crippen LogP) is 2.16. The monoisotopic (exact) mass is 336 g/mol. The van der Waals surface area contributed by atoms with Crippen molar-refractivity contribution in [2.24, 2.45) is 13.0 Å². The van der Waals surface area contributed by atoms with Crippen molar-refractivity contribution in [2.45, 2.75) is 65.0 Å². The maximum absolute atomic E-state index is 12.4. The first-order valence-electron chi connectivity index (χ1n) is 8.98. The number of hydrogen-bond acceptors (Lipinski definition) is 3. The van der Waals surface area contributed by atoms with Gasteiger partial charge in [0.15, 0.2) is 0 Å². The number of aliphatic hydroxyl groups excluding tert-OH is 1. The zero-order valence-corrected chi connectivity index (χ0v) is 15.7. The molecule has 1 fully saturated rings. The van der Waals surface area contributed by atoms with Crippen LogP contribution >= 0.6 is 0 Å². The summed E-state index contributed by atoms with van der Waals surface area (Å²) >= 11 is 0. The van der Waals surface area contributed by atoms with Gasteiger partial charge in [-0.3, -0.25) is 4.68 Å². The molecule has 0 saturated heterocycles. The van der Waals surface area contributed by atoms with Crippen LogP contribution in [0.2, 0.25) is 0 Å². The van der Waals surface area contributed by atoms with Crippen molar-refractivity contribution in [2.75, 3.05) is 13.6 Å². The average Bonchev–Trinajstić information content (AvgIpc) is 2.75. The topological polar surface area (TPSA) is 70.4 Å². The van der Waals surface area contributed by atoms with E-state index in [1.807, 2.05) is 32.6 Å². The molecule has 0 unspecified atom stereocenters. The summed E-state index contributed by atoms with van der Waals surface area (Å²) in [6, 6.07) is -0.0303. The summed E-state index contributed by atoms with van der Waals surface area (Å²) in [5.41, 5.74) is 3.37. The van der Waals surface area contributed by atoms with Gasteiger partial charge in [0.05, 0.1) is 11.8 Å². The van der Waals surface area contributed by atoms with E-state index in [0.29, 0.717) is 6.54 Å². The average molecular weight is 336 g/mol. The normalized spacial score (nSPS) is 22.2. The Morgan fingerprint density at radius 2 is 2.08 bits per heavy atom. The first-order chi connectivity index (χ1) is 11.3. The molecule has 0 bridgehead atoms. The molecular weight excluding hydrogens is 304 g/mol. The van der Waals surface area contributed by atoms with Crippen LogP contribution in [0.15, 0.2) is 0 Å². The highest BCUT2D eigenvalue weighted by atomic mass is 16.3. The van der Waals surface area contributed by atoms with Gasteiger partial charge >= 0.3 is 6.03 Å². The first kappa shape index (κ1) is 18.8. The predicted molar refractivity (Wildman–Crippen MR) is 95.0 cm³/mol. The van der Waals surface area contributed by atoms with Crippen LogP contribution in [0, 0.1) is 19.8 Å². The summed E-state index contributed by atoms with van der Waals surface area (Å²) < 4.78 is 1.88. The Morgan fingerprint density at radius 1 is 1.42 bits per heavy atom. The molecule has 1 aromatic rings. The molecule has 0 aliphatic heterocycles. The summed E-state index contributed by atoms with van der Waals surface area (Å²) in [7, 11) is 3.75. The molecule has 3 atom stereocenters. The Labute approximate surface area is 145 Å². The molecule has 1 heterocycles. The molecule has 136 valence electrons. The first-order valence-corrected chi connectivity index (χ1v) is 8.98. The van der Waals surface area contributed by atoms with E-state index < -0.39 is 0 Å². The van der Waals surface area contributed by atoms with Crippen molar-refractivity contribution < 1.29 is 9.90 Å². The van der Waals surface area contributed by atoms with Crippen LogP contribution in [0.4, 0.5) is 4.79 Å². The molecule has 6 nitrogen and oxygen atoms in total. The lowest BCUT2D eigenvalue weighted by molar-refractivity contribution is 0.0563. The third-order valence-corrected chi connectivity index (χ3v) is 5.26. The Balaban J connectivity index is 1.86. The zero-order chi connectivity index (χ0) is 17.9. The Kier molecular flexibility index (Phi) is 6.27. The fourth-order valence-corrected chi connectivity index (χ4v) is 3.63. The largest absolute Gasteiger partial charge is 0.393 e. The Hall–Kier alpha value is -1.56. The summed E-state index contributed by atoms with van der Waals surface area (Å²) in [5.74, 6) is 0.201. The van der Waals surface area contributed by atoms with Crippen LogP contribution < -0.4 is 5.32 Å². The molecule has 1 aliphatic rings. The minimum atomic E-state index is -0.271. The van der Waals surface area contributed by atoms with Gasteiger partial charge < -0.3 is 15.3 Å². The molecule has 1 saturated carbocycles. The lowest BCUT2D eigenvalue weighted by atomic mass is 9.86. The number of nitrogens with one attached hydrogen (secondary N) is 1. The van der Waals surface area contributed by atoms with Crippen LogP contribution in [0.1, 0.15) is 49.6 Å². The van der Waals surface area contributed by atoms with E-state index in [2.05, 4.69) is 17.3 Å². The fraction of sp³-hybridized carbons (Fsp3) is 0.778. The van der Waals surface area contributed by atoms with E-state index in [9.17, 15) is 9.90 Å². The molecule has 24 heavy (non-hydrogen) atoms. The van der Waals surface area contributed by atoms with E-state index in [-0.39, 0.29) is 24.1 Å². The molecule has 0 radical (unpaired) electrons. The maximum atomic E-state index is 12.4. The molecule has 1 aliphatic carbocycles. The van der Waals surface area contributed by atoms with Gasteiger partial charge in [-0.2, -0.15) is 5.10 Å². The lowest BCUT2D eigenvalue weighted by Gasteiger charge is -2.31. The van der Waals surface area contributed by atoms with Crippen LogP contribution in [-0.4, -0.2) is 51.6 Å². The van der Waals surface area contributed by atoms with Gasteiger partial charge in [0.1, 0.15) is 0 Å². The van der Waals surface area contributed by atoms with Gasteiger partial charge in [-0.05, 0) is 45.6 Å². The number of carbonyl (C=O) groups excluding carboxylic acids is 1. The van der Waals surface area contributed by atoms with Crippen LogP contribution in [0.5, 0.6) is 0 Å². The molecule has 0 aromatic carbocycles. The quantitative estimate of drug-likeness (QED) is 0.866. The number of aromatic nitrogens is 2. The SMILES string of the molecule is Cc1nn(C)c(C)c1C[C@H](C)NC(=O)N(C)C[C@@H]1CCCC[C@@H]1O. The van der Waals surface area contributed by atoms with Crippen LogP contribution in [0.25, 0.3) is 0 Å². The summed E-state index contributed by atoms with van der Waals surface area (Å²) in [5, 5.41) is 17.6. The smallest absolute Gasteiger partial charge is 0.317 e. The molecule has 1 aromatic heterocycles. The molecule has 6 heteroatoms. The number of rotatable bonds is 5. The lowest BCUT2D eigenvalue weighted by Crippen LogP contribution is -2.46. The third kappa shape index (κ3) is 4.50. The van der Waals surface area contributed by atoms with Gasteiger partial charge in [-0.1, -0.05) is 12.8 Å². The van der Waals surface area contributed by atoms with Crippen molar-refractivity contribution >= 4 is 6.03 Å². The number of urea groups is 1. The number of nitrogens with zero attached hydrogens (tertiary/aromatic N) is 3. The van der Waals surface area contributed by atoms with Crippen molar-refractivity contribution in [3.05, 3.63) is 17.0 Å². The van der Waals surface area contributed by atoms with Gasteiger partial charge in [0, 0.05) is 38.3 Å². The highest BCUT2D eigenvalue weighted by Gasteiger charge is 2.26. The summed E-state index contributed by atoms with van der Waals surface area (Å²) in [6.07, 6.45) is 4.60. The number of carbonyl (C=O) groups is 1. The van der Waals surface area contributed by atoms with Gasteiger partial charge in [0.25, 0.3) is 0 Å². The number of hydrogen-bond donors (Lipinski definition) is 2. The van der Waals surface area contributed by atoms with E-state index in [1.165, 1.54) is 5.56 Å². The molecule has 2 N–H and O–H groups in total. The minimum Gasteiger partial charge on any atom is -0.393 e. The standard InChI is InChI=1S/C18H32N4O2/c1-12(10-16-13(2)20-22(5)14(16)3)19-18(24)21(4)11-15-8-6-7-9-17(15)23/h12,15,17,23H,6-11H2,1-5H3,(H,19,24)/t12-,15-,17-/m0/s1. The summed E-state index contributed by atoms with van der Waals surface area (Å²) in [4.78, 5) is 14.1. The maximum Gasteiger partial charge on any atom is 0.317 e.